The molecule has 1 heterocycles. The molecule has 0 bridgehead atoms. The van der Waals surface area contributed by atoms with Crippen LogP contribution in [0.4, 0.5) is 0 Å². The average Bonchev–Trinajstić information content (AvgIpc) is 2.41. The Morgan fingerprint density at radius 3 is 2.06 bits per heavy atom. The van der Waals surface area contributed by atoms with Gasteiger partial charge in [0.2, 0.25) is 0 Å². The van der Waals surface area contributed by atoms with Crippen LogP contribution in [0, 0.1) is 0 Å². The Hall–Kier alpha value is -0.670. The highest BCUT2D eigenvalue weighted by atomic mass is 35.5. The number of pyridine rings is 1. The molecule has 0 fully saturated rings. The molecule has 0 atom stereocenters. The maximum atomic E-state index is 6.11. The Bertz CT molecular complexity index is 584. The minimum atomic E-state index is 0.122. The van der Waals surface area contributed by atoms with Crippen LogP contribution in [-0.4, -0.2) is 12.1 Å². The smallest absolute Gasteiger partial charge is 0.149 e. The van der Waals surface area contributed by atoms with Crippen LogP contribution in [0.5, 0.6) is 5.75 Å². The molecule has 0 N–H and O–H groups in total. The van der Waals surface area contributed by atoms with E-state index in [4.69, 9.17) is 51.1 Å². The average molecular weight is 323 g/mol. The quantitative estimate of drug-likeness (QED) is 0.693. The molecular weight excluding hydrogens is 316 g/mol. The van der Waals surface area contributed by atoms with E-state index in [1.165, 1.54) is 0 Å². The number of halogens is 4. The van der Waals surface area contributed by atoms with Crippen LogP contribution >= 0.6 is 46.4 Å². The van der Waals surface area contributed by atoms with Gasteiger partial charge in [-0.3, -0.25) is 0 Å². The van der Waals surface area contributed by atoms with Gasteiger partial charge in [0.25, 0.3) is 0 Å². The molecule has 0 saturated carbocycles. The van der Waals surface area contributed by atoms with Crippen molar-refractivity contribution in [1.29, 1.82) is 0 Å². The molecule has 0 aliphatic rings. The third-order valence-electron chi connectivity index (χ3n) is 2.35. The molecule has 0 amide bonds. The lowest BCUT2D eigenvalue weighted by molar-refractivity contribution is 0.415. The molecule has 0 saturated heterocycles. The van der Waals surface area contributed by atoms with E-state index in [9.17, 15) is 0 Å². The van der Waals surface area contributed by atoms with Gasteiger partial charge in [-0.25, -0.2) is 4.98 Å². The molecule has 1 aromatic heterocycles. The summed E-state index contributed by atoms with van der Waals surface area (Å²) in [6.07, 6.45) is 0. The first kappa shape index (κ1) is 13.8. The predicted molar refractivity (Wildman–Crippen MR) is 76.3 cm³/mol. The van der Waals surface area contributed by atoms with Gasteiger partial charge in [0.1, 0.15) is 10.9 Å². The van der Waals surface area contributed by atoms with E-state index in [1.54, 1.807) is 19.2 Å². The molecular formula is C12H7Cl4NO. The van der Waals surface area contributed by atoms with E-state index < -0.39 is 0 Å². The molecule has 2 aromatic rings. The normalized spacial score (nSPS) is 10.5. The minimum absolute atomic E-state index is 0.122. The molecule has 0 aliphatic heterocycles. The molecule has 1 aromatic carbocycles. The second-order valence-electron chi connectivity index (χ2n) is 3.42. The van der Waals surface area contributed by atoms with E-state index >= 15 is 0 Å². The standard InChI is InChI=1S/C12H7Cl4NO/c1-18-7-4-2-6(3-5-7)11-9(14)8(13)10(15)12(16)17-11/h2-5H,1H3. The molecule has 0 aliphatic carbocycles. The Morgan fingerprint density at radius 2 is 1.50 bits per heavy atom. The number of methoxy groups -OCH3 is 1. The van der Waals surface area contributed by atoms with Crippen LogP contribution in [0.2, 0.25) is 20.2 Å². The summed E-state index contributed by atoms with van der Waals surface area (Å²) >= 11 is 23.8. The Balaban J connectivity index is 2.56. The summed E-state index contributed by atoms with van der Waals surface area (Å²) in [6.45, 7) is 0. The first-order chi connectivity index (χ1) is 8.54. The van der Waals surface area contributed by atoms with Gasteiger partial charge >= 0.3 is 0 Å². The van der Waals surface area contributed by atoms with Crippen LogP contribution in [-0.2, 0) is 0 Å². The molecule has 0 unspecified atom stereocenters. The fourth-order valence-corrected chi connectivity index (χ4v) is 2.26. The van der Waals surface area contributed by atoms with Crippen molar-refractivity contribution in [2.75, 3.05) is 7.11 Å². The summed E-state index contributed by atoms with van der Waals surface area (Å²) in [7, 11) is 1.59. The first-order valence-electron chi connectivity index (χ1n) is 4.89. The van der Waals surface area contributed by atoms with E-state index in [1.807, 2.05) is 12.1 Å². The highest BCUT2D eigenvalue weighted by Crippen LogP contribution is 2.40. The Morgan fingerprint density at radius 1 is 0.889 bits per heavy atom. The lowest BCUT2D eigenvalue weighted by atomic mass is 10.1. The first-order valence-corrected chi connectivity index (χ1v) is 6.40. The number of ether oxygens (including phenoxy) is 1. The van der Waals surface area contributed by atoms with Crippen molar-refractivity contribution in [2.45, 2.75) is 0 Å². The minimum Gasteiger partial charge on any atom is -0.497 e. The molecule has 18 heavy (non-hydrogen) atoms. The molecule has 2 rings (SSSR count). The van der Waals surface area contributed by atoms with Gasteiger partial charge in [-0.1, -0.05) is 46.4 Å². The number of rotatable bonds is 2. The summed E-state index contributed by atoms with van der Waals surface area (Å²) in [5, 5.41) is 0.748. The molecule has 0 radical (unpaired) electrons. The highest BCUT2D eigenvalue weighted by Gasteiger charge is 2.16. The molecule has 2 nitrogen and oxygen atoms in total. The van der Waals surface area contributed by atoms with Crippen LogP contribution in [0.3, 0.4) is 0 Å². The number of aromatic nitrogens is 1. The Kier molecular flexibility index (Phi) is 4.23. The van der Waals surface area contributed by atoms with Crippen molar-refractivity contribution in [3.05, 3.63) is 44.5 Å². The molecule has 6 heteroatoms. The van der Waals surface area contributed by atoms with Gasteiger partial charge in [-0.05, 0) is 24.3 Å². The van der Waals surface area contributed by atoms with Gasteiger partial charge in [0.15, 0.2) is 0 Å². The van der Waals surface area contributed by atoms with Gasteiger partial charge in [-0.2, -0.15) is 0 Å². The zero-order valence-electron chi connectivity index (χ0n) is 9.18. The van der Waals surface area contributed by atoms with E-state index in [0.717, 1.165) is 11.3 Å². The van der Waals surface area contributed by atoms with E-state index in [2.05, 4.69) is 4.98 Å². The van der Waals surface area contributed by atoms with Crippen molar-refractivity contribution >= 4 is 46.4 Å². The monoisotopic (exact) mass is 321 g/mol. The third-order valence-corrected chi connectivity index (χ3v) is 4.03. The fourth-order valence-electron chi connectivity index (χ4n) is 1.43. The Labute approximate surface area is 124 Å². The molecule has 94 valence electrons. The van der Waals surface area contributed by atoms with Gasteiger partial charge in [0.05, 0.1) is 27.9 Å². The lowest BCUT2D eigenvalue weighted by Gasteiger charge is -2.08. The summed E-state index contributed by atoms with van der Waals surface area (Å²) in [6, 6.07) is 7.22. The highest BCUT2D eigenvalue weighted by molar-refractivity contribution is 6.52. The summed E-state index contributed by atoms with van der Waals surface area (Å²) in [5.74, 6) is 0.737. The maximum Gasteiger partial charge on any atom is 0.149 e. The predicted octanol–water partition coefficient (Wildman–Crippen LogP) is 5.37. The van der Waals surface area contributed by atoms with Crippen LogP contribution in [0.25, 0.3) is 11.3 Å². The summed E-state index contributed by atoms with van der Waals surface area (Å²) in [4.78, 5) is 4.14. The van der Waals surface area contributed by atoms with E-state index in [-0.39, 0.29) is 20.2 Å². The fraction of sp³-hybridized carbons (Fsp3) is 0.0833. The SMILES string of the molecule is COc1ccc(-c2nc(Cl)c(Cl)c(Cl)c2Cl)cc1. The number of nitrogens with zero attached hydrogens (tertiary/aromatic N) is 1. The second kappa shape index (κ2) is 5.54. The van der Waals surface area contributed by atoms with Crippen LogP contribution < -0.4 is 4.74 Å². The van der Waals surface area contributed by atoms with Gasteiger partial charge in [-0.15, -0.1) is 0 Å². The number of benzene rings is 1. The lowest BCUT2D eigenvalue weighted by Crippen LogP contribution is -1.90. The summed E-state index contributed by atoms with van der Waals surface area (Å²) < 4.78 is 5.08. The topological polar surface area (TPSA) is 22.1 Å². The van der Waals surface area contributed by atoms with Crippen molar-refractivity contribution in [3.8, 4) is 17.0 Å². The zero-order chi connectivity index (χ0) is 13.3. The van der Waals surface area contributed by atoms with Crippen molar-refractivity contribution in [1.82, 2.24) is 4.98 Å². The van der Waals surface area contributed by atoms with Crippen molar-refractivity contribution < 1.29 is 4.74 Å². The largest absolute Gasteiger partial charge is 0.497 e. The van der Waals surface area contributed by atoms with Gasteiger partial charge in [0, 0.05) is 5.56 Å². The van der Waals surface area contributed by atoms with Gasteiger partial charge < -0.3 is 4.74 Å². The van der Waals surface area contributed by atoms with Crippen molar-refractivity contribution in [2.24, 2.45) is 0 Å². The van der Waals surface area contributed by atoms with Crippen LogP contribution in [0.1, 0.15) is 0 Å². The number of hydrogen-bond acceptors (Lipinski definition) is 2. The van der Waals surface area contributed by atoms with E-state index in [0.29, 0.717) is 5.69 Å². The second-order valence-corrected chi connectivity index (χ2v) is 4.91. The summed E-state index contributed by atoms with van der Waals surface area (Å²) in [5.41, 5.74) is 1.26. The maximum absolute atomic E-state index is 6.11. The zero-order valence-corrected chi connectivity index (χ0v) is 12.2. The van der Waals surface area contributed by atoms with Crippen LogP contribution in [0.15, 0.2) is 24.3 Å². The van der Waals surface area contributed by atoms with Crippen molar-refractivity contribution in [3.63, 3.8) is 0 Å². The number of hydrogen-bond donors (Lipinski definition) is 0. The third kappa shape index (κ3) is 2.52. The molecule has 0 spiro atoms.